The summed E-state index contributed by atoms with van der Waals surface area (Å²) in [5.41, 5.74) is 6.02. The van der Waals surface area contributed by atoms with Gasteiger partial charge < -0.3 is 5.73 Å². The lowest BCUT2D eigenvalue weighted by molar-refractivity contribution is 0.239. The average Bonchev–Trinajstić information content (AvgIpc) is 2.82. The summed E-state index contributed by atoms with van der Waals surface area (Å²) in [6.45, 7) is 8.87. The van der Waals surface area contributed by atoms with Gasteiger partial charge in [-0.25, -0.2) is 0 Å². The zero-order valence-corrected chi connectivity index (χ0v) is 8.59. The second-order valence-electron chi connectivity index (χ2n) is 4.23. The predicted molar refractivity (Wildman–Crippen MR) is 53.1 cm³/mol. The maximum absolute atomic E-state index is 6.02. The van der Waals surface area contributed by atoms with Crippen molar-refractivity contribution in [2.24, 2.45) is 11.7 Å². The van der Waals surface area contributed by atoms with Gasteiger partial charge >= 0.3 is 0 Å². The third kappa shape index (κ3) is 2.76. The van der Waals surface area contributed by atoms with Crippen molar-refractivity contribution in [3.8, 4) is 0 Å². The molecule has 1 aliphatic carbocycles. The summed E-state index contributed by atoms with van der Waals surface area (Å²) in [4.78, 5) is 2.52. The Bertz CT molecular complexity index is 130. The highest BCUT2D eigenvalue weighted by Gasteiger charge is 2.28. The van der Waals surface area contributed by atoms with E-state index in [1.54, 1.807) is 0 Å². The first-order chi connectivity index (χ1) is 5.65. The molecule has 0 saturated heterocycles. The van der Waals surface area contributed by atoms with Gasteiger partial charge in [-0.1, -0.05) is 20.8 Å². The number of rotatable bonds is 5. The highest BCUT2D eigenvalue weighted by molar-refractivity contribution is 4.86. The first-order valence-electron chi connectivity index (χ1n) is 5.14. The van der Waals surface area contributed by atoms with Gasteiger partial charge in [0.2, 0.25) is 0 Å². The smallest absolute Gasteiger partial charge is 0.0191 e. The summed E-state index contributed by atoms with van der Waals surface area (Å²) in [7, 11) is 0. The van der Waals surface area contributed by atoms with Crippen molar-refractivity contribution >= 4 is 0 Å². The summed E-state index contributed by atoms with van der Waals surface area (Å²) < 4.78 is 0. The summed E-state index contributed by atoms with van der Waals surface area (Å²) in [5.74, 6) is 0.609. The van der Waals surface area contributed by atoms with E-state index < -0.39 is 0 Å². The van der Waals surface area contributed by atoms with E-state index in [1.807, 2.05) is 0 Å². The van der Waals surface area contributed by atoms with Gasteiger partial charge in [0.1, 0.15) is 0 Å². The van der Waals surface area contributed by atoms with Crippen molar-refractivity contribution in [1.29, 1.82) is 0 Å². The van der Waals surface area contributed by atoms with Crippen molar-refractivity contribution < 1.29 is 0 Å². The normalized spacial score (nSPS) is 20.5. The van der Waals surface area contributed by atoms with Gasteiger partial charge in [-0.2, -0.15) is 0 Å². The molecule has 0 spiro atoms. The van der Waals surface area contributed by atoms with Crippen LogP contribution < -0.4 is 5.73 Å². The SMILES string of the molecule is CCN(CC(N)C(C)C)C1CC1. The van der Waals surface area contributed by atoms with Gasteiger partial charge in [-0.05, 0) is 25.3 Å². The van der Waals surface area contributed by atoms with Crippen LogP contribution in [0.5, 0.6) is 0 Å². The zero-order chi connectivity index (χ0) is 9.14. The highest BCUT2D eigenvalue weighted by Crippen LogP contribution is 2.26. The van der Waals surface area contributed by atoms with E-state index in [4.69, 9.17) is 5.73 Å². The molecule has 0 bridgehead atoms. The molecule has 2 nitrogen and oxygen atoms in total. The fourth-order valence-corrected chi connectivity index (χ4v) is 1.46. The molecular formula is C10H22N2. The Morgan fingerprint density at radius 2 is 2.00 bits per heavy atom. The Morgan fingerprint density at radius 1 is 1.42 bits per heavy atom. The summed E-state index contributed by atoms with van der Waals surface area (Å²) in [5, 5.41) is 0. The molecule has 1 rings (SSSR count). The van der Waals surface area contributed by atoms with E-state index >= 15 is 0 Å². The number of likely N-dealkylation sites (N-methyl/N-ethyl adjacent to an activating group) is 1. The molecule has 0 radical (unpaired) electrons. The Kier molecular flexibility index (Phi) is 3.53. The Hall–Kier alpha value is -0.0800. The first kappa shape index (κ1) is 10.0. The predicted octanol–water partition coefficient (Wildman–Crippen LogP) is 1.45. The third-order valence-corrected chi connectivity index (χ3v) is 2.77. The number of nitrogens with zero attached hydrogens (tertiary/aromatic N) is 1. The summed E-state index contributed by atoms with van der Waals surface area (Å²) in [6.07, 6.45) is 2.78. The number of hydrogen-bond acceptors (Lipinski definition) is 2. The molecule has 12 heavy (non-hydrogen) atoms. The molecule has 0 aromatic rings. The topological polar surface area (TPSA) is 29.3 Å². The van der Waals surface area contributed by atoms with E-state index in [-0.39, 0.29) is 0 Å². The Labute approximate surface area is 76.1 Å². The monoisotopic (exact) mass is 170 g/mol. The van der Waals surface area contributed by atoms with E-state index in [9.17, 15) is 0 Å². The first-order valence-corrected chi connectivity index (χ1v) is 5.14. The Balaban J connectivity index is 2.25. The van der Waals surface area contributed by atoms with Gasteiger partial charge in [0.15, 0.2) is 0 Å². The Morgan fingerprint density at radius 3 is 2.33 bits per heavy atom. The molecule has 0 heterocycles. The van der Waals surface area contributed by atoms with Crippen molar-refractivity contribution in [3.05, 3.63) is 0 Å². The van der Waals surface area contributed by atoms with Crippen LogP contribution >= 0.6 is 0 Å². The van der Waals surface area contributed by atoms with Crippen molar-refractivity contribution in [1.82, 2.24) is 4.90 Å². The minimum absolute atomic E-state index is 0.352. The largest absolute Gasteiger partial charge is 0.326 e. The van der Waals surface area contributed by atoms with Crippen LogP contribution in [0.2, 0.25) is 0 Å². The van der Waals surface area contributed by atoms with Gasteiger partial charge in [0.25, 0.3) is 0 Å². The fourth-order valence-electron chi connectivity index (χ4n) is 1.46. The van der Waals surface area contributed by atoms with Crippen molar-refractivity contribution in [2.75, 3.05) is 13.1 Å². The molecule has 72 valence electrons. The molecule has 1 fully saturated rings. The third-order valence-electron chi connectivity index (χ3n) is 2.77. The maximum atomic E-state index is 6.02. The quantitative estimate of drug-likeness (QED) is 0.676. The van der Waals surface area contributed by atoms with Crippen LogP contribution in [-0.2, 0) is 0 Å². The van der Waals surface area contributed by atoms with Crippen LogP contribution in [0.25, 0.3) is 0 Å². The van der Waals surface area contributed by atoms with E-state index in [0.717, 1.165) is 19.1 Å². The molecule has 0 aliphatic heterocycles. The lowest BCUT2D eigenvalue weighted by Crippen LogP contribution is -2.41. The van der Waals surface area contributed by atoms with Crippen LogP contribution in [0.4, 0.5) is 0 Å². The average molecular weight is 170 g/mol. The lowest BCUT2D eigenvalue weighted by Gasteiger charge is -2.25. The molecule has 0 aromatic carbocycles. The standard InChI is InChI=1S/C10H22N2/c1-4-12(9-5-6-9)7-10(11)8(2)3/h8-10H,4-7,11H2,1-3H3. The number of hydrogen-bond donors (Lipinski definition) is 1. The second-order valence-corrected chi connectivity index (χ2v) is 4.23. The van der Waals surface area contributed by atoms with Crippen LogP contribution in [0.15, 0.2) is 0 Å². The van der Waals surface area contributed by atoms with Crippen LogP contribution in [-0.4, -0.2) is 30.1 Å². The molecule has 2 N–H and O–H groups in total. The van der Waals surface area contributed by atoms with Crippen LogP contribution in [0.3, 0.4) is 0 Å². The van der Waals surface area contributed by atoms with Gasteiger partial charge in [-0.3, -0.25) is 4.90 Å². The van der Waals surface area contributed by atoms with Crippen molar-refractivity contribution in [3.63, 3.8) is 0 Å². The van der Waals surface area contributed by atoms with E-state index in [0.29, 0.717) is 12.0 Å². The second kappa shape index (κ2) is 4.24. The van der Waals surface area contributed by atoms with Gasteiger partial charge in [0, 0.05) is 18.6 Å². The summed E-state index contributed by atoms with van der Waals surface area (Å²) >= 11 is 0. The van der Waals surface area contributed by atoms with E-state index in [1.165, 1.54) is 12.8 Å². The minimum atomic E-state index is 0.352. The molecule has 1 saturated carbocycles. The van der Waals surface area contributed by atoms with E-state index in [2.05, 4.69) is 25.7 Å². The molecule has 2 heteroatoms. The number of nitrogens with two attached hydrogens (primary N) is 1. The van der Waals surface area contributed by atoms with Gasteiger partial charge in [-0.15, -0.1) is 0 Å². The zero-order valence-electron chi connectivity index (χ0n) is 8.59. The van der Waals surface area contributed by atoms with Gasteiger partial charge in [0.05, 0.1) is 0 Å². The van der Waals surface area contributed by atoms with Crippen molar-refractivity contribution in [2.45, 2.75) is 45.7 Å². The maximum Gasteiger partial charge on any atom is 0.0191 e. The molecule has 1 aliphatic rings. The minimum Gasteiger partial charge on any atom is -0.326 e. The molecule has 0 amide bonds. The highest BCUT2D eigenvalue weighted by atomic mass is 15.2. The fraction of sp³-hybridized carbons (Fsp3) is 1.00. The molecule has 0 aromatic heterocycles. The molecular weight excluding hydrogens is 148 g/mol. The van der Waals surface area contributed by atoms with Crippen LogP contribution in [0.1, 0.15) is 33.6 Å². The molecule has 1 unspecified atom stereocenters. The summed E-state index contributed by atoms with van der Waals surface area (Å²) in [6, 6.07) is 1.21. The molecule has 1 atom stereocenters. The lowest BCUT2D eigenvalue weighted by atomic mass is 10.1. The van der Waals surface area contributed by atoms with Crippen LogP contribution in [0, 0.1) is 5.92 Å².